The lowest BCUT2D eigenvalue weighted by molar-refractivity contribution is -0.388. The zero-order chi connectivity index (χ0) is 14.7. The Morgan fingerprint density at radius 2 is 2.10 bits per heavy atom. The molecule has 1 aromatic carbocycles. The van der Waals surface area contributed by atoms with Crippen molar-refractivity contribution in [2.45, 2.75) is 9.79 Å². The summed E-state index contributed by atoms with van der Waals surface area (Å²) >= 11 is 4.27. The maximum atomic E-state index is 11.2. The Hall–Kier alpha value is -1.93. The lowest BCUT2D eigenvalue weighted by Crippen LogP contribution is -1.99. The maximum Gasteiger partial charge on any atom is 0.336 e. The van der Waals surface area contributed by atoms with Gasteiger partial charge in [-0.1, -0.05) is 27.7 Å². The van der Waals surface area contributed by atoms with Crippen molar-refractivity contribution >= 4 is 39.3 Å². The van der Waals surface area contributed by atoms with Gasteiger partial charge in [0.1, 0.15) is 6.20 Å². The Labute approximate surface area is 126 Å². The molecule has 0 spiro atoms. The second-order valence-electron chi connectivity index (χ2n) is 3.65. The number of hydrogen-bond donors (Lipinski definition) is 1. The van der Waals surface area contributed by atoms with Crippen molar-refractivity contribution < 1.29 is 14.8 Å². The van der Waals surface area contributed by atoms with Crippen LogP contribution in [0.2, 0.25) is 0 Å². The molecule has 0 aliphatic heterocycles. The van der Waals surface area contributed by atoms with E-state index in [1.807, 2.05) is 0 Å². The molecule has 1 heterocycles. The van der Waals surface area contributed by atoms with Gasteiger partial charge >= 0.3 is 11.7 Å². The minimum absolute atomic E-state index is 0.0873. The topological polar surface area (TPSA) is 93.3 Å². The number of halogens is 1. The van der Waals surface area contributed by atoms with E-state index in [-0.39, 0.29) is 11.3 Å². The van der Waals surface area contributed by atoms with Gasteiger partial charge in [0, 0.05) is 15.6 Å². The Bertz CT molecular complexity index is 693. The van der Waals surface area contributed by atoms with Gasteiger partial charge in [-0.3, -0.25) is 15.1 Å². The summed E-state index contributed by atoms with van der Waals surface area (Å²) < 4.78 is 0.696. The fourth-order valence-electron chi connectivity index (χ4n) is 1.47. The van der Waals surface area contributed by atoms with Crippen molar-refractivity contribution in [3.05, 3.63) is 56.8 Å². The van der Waals surface area contributed by atoms with Crippen LogP contribution in [0.25, 0.3) is 0 Å². The van der Waals surface area contributed by atoms with Crippen molar-refractivity contribution in [1.29, 1.82) is 0 Å². The van der Waals surface area contributed by atoms with E-state index in [4.69, 9.17) is 5.11 Å². The molecule has 0 bridgehead atoms. The van der Waals surface area contributed by atoms with Crippen LogP contribution in [-0.4, -0.2) is 21.0 Å². The van der Waals surface area contributed by atoms with Crippen LogP contribution in [0, 0.1) is 10.1 Å². The molecule has 0 unspecified atom stereocenters. The second kappa shape index (κ2) is 6.02. The lowest BCUT2D eigenvalue weighted by atomic mass is 10.2. The van der Waals surface area contributed by atoms with Gasteiger partial charge in [-0.25, -0.2) is 4.79 Å². The highest BCUT2D eigenvalue weighted by atomic mass is 79.9. The number of nitro groups is 1. The first-order valence-electron chi connectivity index (χ1n) is 5.28. The van der Waals surface area contributed by atoms with Crippen LogP contribution in [0.3, 0.4) is 0 Å². The van der Waals surface area contributed by atoms with E-state index in [1.165, 1.54) is 18.3 Å². The second-order valence-corrected chi connectivity index (χ2v) is 5.65. The number of nitrogens with zero attached hydrogens (tertiary/aromatic N) is 2. The molecule has 102 valence electrons. The summed E-state index contributed by atoms with van der Waals surface area (Å²) in [5, 5.41) is 20.1. The predicted molar refractivity (Wildman–Crippen MR) is 76.1 cm³/mol. The van der Waals surface area contributed by atoms with Crippen molar-refractivity contribution in [1.82, 2.24) is 4.98 Å². The summed E-state index contributed by atoms with van der Waals surface area (Å²) in [6, 6.07) is 6.14. The average Bonchev–Trinajstić information content (AvgIpc) is 2.38. The van der Waals surface area contributed by atoms with Gasteiger partial charge in [0.2, 0.25) is 0 Å². The van der Waals surface area contributed by atoms with E-state index in [1.54, 1.807) is 12.1 Å². The average molecular weight is 355 g/mol. The Balaban J connectivity index is 2.47. The minimum Gasteiger partial charge on any atom is -0.478 e. The van der Waals surface area contributed by atoms with Gasteiger partial charge in [0.25, 0.3) is 0 Å². The zero-order valence-electron chi connectivity index (χ0n) is 9.82. The number of benzene rings is 1. The number of hydrogen-bond acceptors (Lipinski definition) is 5. The number of pyridine rings is 1. The first kappa shape index (κ1) is 14.5. The molecule has 0 aliphatic carbocycles. The Kier molecular flexibility index (Phi) is 4.35. The number of aromatic carboxylic acids is 1. The molecular weight excluding hydrogens is 348 g/mol. The first-order valence-corrected chi connectivity index (χ1v) is 6.89. The zero-order valence-corrected chi connectivity index (χ0v) is 12.2. The van der Waals surface area contributed by atoms with Crippen molar-refractivity contribution in [2.24, 2.45) is 0 Å². The summed E-state index contributed by atoms with van der Waals surface area (Å²) in [6.07, 6.45) is 2.56. The normalized spacial score (nSPS) is 10.2. The van der Waals surface area contributed by atoms with E-state index in [2.05, 4.69) is 20.9 Å². The molecule has 0 atom stereocenters. The van der Waals surface area contributed by atoms with Crippen molar-refractivity contribution in [3.63, 3.8) is 0 Å². The largest absolute Gasteiger partial charge is 0.478 e. The lowest BCUT2D eigenvalue weighted by Gasteiger charge is -2.06. The van der Waals surface area contributed by atoms with Gasteiger partial charge in [-0.15, -0.1) is 0 Å². The maximum absolute atomic E-state index is 11.2. The summed E-state index contributed by atoms with van der Waals surface area (Å²) in [5.41, 5.74) is -0.0712. The highest BCUT2D eigenvalue weighted by Gasteiger charge is 2.18. The van der Waals surface area contributed by atoms with Crippen LogP contribution < -0.4 is 0 Å². The molecular formula is C12H7BrN2O4S. The predicted octanol–water partition coefficient (Wildman–Crippen LogP) is 3.60. The minimum atomic E-state index is -1.09. The molecule has 0 radical (unpaired) electrons. The van der Waals surface area contributed by atoms with Crippen LogP contribution in [0.15, 0.2) is 50.9 Å². The molecule has 6 nitrogen and oxygen atoms in total. The Morgan fingerprint density at radius 1 is 1.35 bits per heavy atom. The number of carboxylic acids is 1. The molecule has 0 amide bonds. The summed E-state index contributed by atoms with van der Waals surface area (Å²) in [6.45, 7) is 0. The molecule has 1 N–H and O–H groups in total. The number of carboxylic acid groups (broad SMARTS) is 1. The third-order valence-corrected chi connectivity index (χ3v) is 3.97. The van der Waals surface area contributed by atoms with E-state index in [9.17, 15) is 14.9 Å². The van der Waals surface area contributed by atoms with Crippen LogP contribution in [-0.2, 0) is 0 Å². The molecule has 2 aromatic rings. The number of aromatic nitrogens is 1. The standard InChI is InChI=1S/C12H7BrN2O4S/c13-7-1-2-8(12(16)17)11(5-7)20-10-3-4-14-6-9(10)15(18)19/h1-6H,(H,16,17). The highest BCUT2D eigenvalue weighted by molar-refractivity contribution is 9.10. The van der Waals surface area contributed by atoms with Gasteiger partial charge in [0.05, 0.1) is 15.4 Å². The molecule has 20 heavy (non-hydrogen) atoms. The van der Waals surface area contributed by atoms with Gasteiger partial charge < -0.3 is 5.11 Å². The monoisotopic (exact) mass is 354 g/mol. The molecule has 0 aliphatic rings. The van der Waals surface area contributed by atoms with Crippen LogP contribution in [0.4, 0.5) is 5.69 Å². The van der Waals surface area contributed by atoms with E-state index >= 15 is 0 Å². The molecule has 0 saturated heterocycles. The summed E-state index contributed by atoms with van der Waals surface area (Å²) in [4.78, 5) is 26.0. The molecule has 8 heteroatoms. The van der Waals surface area contributed by atoms with Crippen LogP contribution >= 0.6 is 27.7 Å². The molecule has 0 fully saturated rings. The van der Waals surface area contributed by atoms with Crippen LogP contribution in [0.5, 0.6) is 0 Å². The van der Waals surface area contributed by atoms with Crippen LogP contribution in [0.1, 0.15) is 10.4 Å². The third kappa shape index (κ3) is 3.14. The molecule has 1 aromatic heterocycles. The summed E-state index contributed by atoms with van der Waals surface area (Å²) in [5.74, 6) is -1.09. The van der Waals surface area contributed by atoms with E-state index in [0.717, 1.165) is 18.0 Å². The third-order valence-electron chi connectivity index (χ3n) is 2.35. The quantitative estimate of drug-likeness (QED) is 0.665. The highest BCUT2D eigenvalue weighted by Crippen LogP contribution is 2.37. The van der Waals surface area contributed by atoms with Gasteiger partial charge in [-0.05, 0) is 24.3 Å². The SMILES string of the molecule is O=C(O)c1ccc(Br)cc1Sc1ccncc1[N+](=O)[O-]. The Morgan fingerprint density at radius 3 is 2.75 bits per heavy atom. The number of carbonyl (C=O) groups is 1. The van der Waals surface area contributed by atoms with Gasteiger partial charge in [0.15, 0.2) is 0 Å². The molecule has 0 saturated carbocycles. The van der Waals surface area contributed by atoms with Crippen molar-refractivity contribution in [3.8, 4) is 0 Å². The van der Waals surface area contributed by atoms with Gasteiger partial charge in [-0.2, -0.15) is 0 Å². The fourth-order valence-corrected chi connectivity index (χ4v) is 3.03. The first-order chi connectivity index (χ1) is 9.49. The number of rotatable bonds is 4. The van der Waals surface area contributed by atoms with E-state index < -0.39 is 10.9 Å². The van der Waals surface area contributed by atoms with E-state index in [0.29, 0.717) is 14.3 Å². The fraction of sp³-hybridized carbons (Fsp3) is 0. The summed E-state index contributed by atoms with van der Waals surface area (Å²) in [7, 11) is 0. The van der Waals surface area contributed by atoms with Crippen molar-refractivity contribution in [2.75, 3.05) is 0 Å². The smallest absolute Gasteiger partial charge is 0.336 e. The molecule has 2 rings (SSSR count).